The van der Waals surface area contributed by atoms with Crippen molar-refractivity contribution >= 4 is 16.1 Å². The number of allylic oxidation sites excluding steroid dienone is 2. The zero-order valence-electron chi connectivity index (χ0n) is 19.9. The molecule has 5 atom stereocenters. The lowest BCUT2D eigenvalue weighted by Gasteiger charge is -2.50. The zero-order chi connectivity index (χ0) is 23.3. The van der Waals surface area contributed by atoms with E-state index in [1.807, 2.05) is 0 Å². The molecule has 0 bridgehead atoms. The average molecular weight is 455 g/mol. The highest BCUT2D eigenvalue weighted by Gasteiger charge is 2.57. The SMILES string of the molecule is CCCC(CC)(CNC(=O)NC1=CCC(S(=O)(=O)O)C=C1)C(C)(CCC)C1CC1CC. The molecule has 178 valence electrons. The smallest absolute Gasteiger partial charge is 0.319 e. The third-order valence-corrected chi connectivity index (χ3v) is 9.05. The molecule has 31 heavy (non-hydrogen) atoms. The van der Waals surface area contributed by atoms with Crippen LogP contribution >= 0.6 is 0 Å². The van der Waals surface area contributed by atoms with Crippen LogP contribution < -0.4 is 10.6 Å². The Hall–Kier alpha value is -1.34. The summed E-state index contributed by atoms with van der Waals surface area (Å²) in [5, 5.41) is 5.01. The van der Waals surface area contributed by atoms with Crippen LogP contribution in [-0.4, -0.2) is 30.8 Å². The summed E-state index contributed by atoms with van der Waals surface area (Å²) in [5.41, 5.74) is 0.809. The quantitative estimate of drug-likeness (QED) is 0.342. The van der Waals surface area contributed by atoms with Gasteiger partial charge in [0.25, 0.3) is 10.1 Å². The van der Waals surface area contributed by atoms with Crippen LogP contribution in [0, 0.1) is 22.7 Å². The highest BCUT2D eigenvalue weighted by Crippen LogP contribution is 2.63. The number of hydrogen-bond donors (Lipinski definition) is 3. The maximum Gasteiger partial charge on any atom is 0.319 e. The number of carbonyl (C=O) groups excluding carboxylic acids is 1. The lowest BCUT2D eigenvalue weighted by atomic mass is 9.56. The van der Waals surface area contributed by atoms with Crippen LogP contribution in [-0.2, 0) is 10.1 Å². The largest absolute Gasteiger partial charge is 0.337 e. The van der Waals surface area contributed by atoms with Gasteiger partial charge in [-0.2, -0.15) is 8.42 Å². The van der Waals surface area contributed by atoms with Gasteiger partial charge < -0.3 is 10.6 Å². The molecule has 5 unspecified atom stereocenters. The Kier molecular flexibility index (Phi) is 8.79. The van der Waals surface area contributed by atoms with Gasteiger partial charge in [-0.3, -0.25) is 4.55 Å². The highest BCUT2D eigenvalue weighted by molar-refractivity contribution is 7.86. The molecular formula is C24H42N2O4S. The van der Waals surface area contributed by atoms with E-state index in [0.29, 0.717) is 12.2 Å². The number of urea groups is 1. The van der Waals surface area contributed by atoms with Gasteiger partial charge in [-0.05, 0) is 60.8 Å². The summed E-state index contributed by atoms with van der Waals surface area (Å²) in [7, 11) is -4.11. The normalized spacial score (nSPS) is 27.0. The fraction of sp³-hybridized carbons (Fsp3) is 0.792. The summed E-state index contributed by atoms with van der Waals surface area (Å²) in [5.74, 6) is 1.54. The number of rotatable bonds is 12. The fourth-order valence-electron chi connectivity index (χ4n) is 5.94. The first-order valence-corrected chi connectivity index (χ1v) is 13.5. The van der Waals surface area contributed by atoms with Crippen LogP contribution in [0.5, 0.6) is 0 Å². The fourth-order valence-corrected chi connectivity index (χ4v) is 6.56. The first-order chi connectivity index (χ1) is 14.6. The third-order valence-electron chi connectivity index (χ3n) is 7.94. The summed E-state index contributed by atoms with van der Waals surface area (Å²) in [6, 6.07) is -0.267. The number of carbonyl (C=O) groups is 1. The minimum Gasteiger partial charge on any atom is -0.337 e. The number of nitrogens with one attached hydrogen (secondary N) is 2. The van der Waals surface area contributed by atoms with Crippen molar-refractivity contribution in [1.82, 2.24) is 10.6 Å². The van der Waals surface area contributed by atoms with E-state index in [0.717, 1.165) is 37.5 Å². The molecule has 3 N–H and O–H groups in total. The minimum atomic E-state index is -4.11. The van der Waals surface area contributed by atoms with Gasteiger partial charge in [0.05, 0.1) is 0 Å². The van der Waals surface area contributed by atoms with E-state index < -0.39 is 15.4 Å². The predicted octanol–water partition coefficient (Wildman–Crippen LogP) is 5.43. The highest BCUT2D eigenvalue weighted by atomic mass is 32.2. The van der Waals surface area contributed by atoms with Gasteiger partial charge in [0.15, 0.2) is 0 Å². The lowest BCUT2D eigenvalue weighted by molar-refractivity contribution is 0.000967. The van der Waals surface area contributed by atoms with Gasteiger partial charge in [-0.25, -0.2) is 4.79 Å². The van der Waals surface area contributed by atoms with E-state index >= 15 is 0 Å². The van der Waals surface area contributed by atoms with Gasteiger partial charge in [0, 0.05) is 12.2 Å². The Bertz CT molecular complexity index is 791. The van der Waals surface area contributed by atoms with Crippen molar-refractivity contribution in [3.8, 4) is 0 Å². The molecule has 0 aromatic rings. The van der Waals surface area contributed by atoms with Crippen LogP contribution in [0.25, 0.3) is 0 Å². The molecule has 2 rings (SSSR count). The molecule has 0 spiro atoms. The van der Waals surface area contributed by atoms with Crippen LogP contribution in [0.15, 0.2) is 23.9 Å². The molecule has 1 fully saturated rings. The summed E-state index contributed by atoms with van der Waals surface area (Å²) >= 11 is 0. The molecule has 2 aliphatic carbocycles. The monoisotopic (exact) mass is 454 g/mol. The van der Waals surface area contributed by atoms with Crippen LogP contribution in [0.3, 0.4) is 0 Å². The van der Waals surface area contributed by atoms with Crippen molar-refractivity contribution in [2.24, 2.45) is 22.7 Å². The van der Waals surface area contributed by atoms with E-state index in [1.165, 1.54) is 31.4 Å². The van der Waals surface area contributed by atoms with Gasteiger partial charge >= 0.3 is 6.03 Å². The van der Waals surface area contributed by atoms with Crippen molar-refractivity contribution in [1.29, 1.82) is 0 Å². The van der Waals surface area contributed by atoms with Gasteiger partial charge in [-0.1, -0.05) is 66.0 Å². The molecule has 1 saturated carbocycles. The van der Waals surface area contributed by atoms with Crippen molar-refractivity contribution < 1.29 is 17.8 Å². The summed E-state index contributed by atoms with van der Waals surface area (Å²) in [6.45, 7) is 12.1. The zero-order valence-corrected chi connectivity index (χ0v) is 20.7. The molecule has 2 amide bonds. The second-order valence-corrected chi connectivity index (χ2v) is 11.3. The maximum absolute atomic E-state index is 12.7. The Morgan fingerprint density at radius 2 is 1.87 bits per heavy atom. The predicted molar refractivity (Wildman–Crippen MR) is 126 cm³/mol. The van der Waals surface area contributed by atoms with Crippen molar-refractivity contribution in [3.63, 3.8) is 0 Å². The van der Waals surface area contributed by atoms with Gasteiger partial charge in [0.2, 0.25) is 0 Å². The Morgan fingerprint density at radius 3 is 2.32 bits per heavy atom. The van der Waals surface area contributed by atoms with Gasteiger partial charge in [0.1, 0.15) is 5.25 Å². The average Bonchev–Trinajstić information content (AvgIpc) is 3.51. The second kappa shape index (κ2) is 10.5. The van der Waals surface area contributed by atoms with Crippen molar-refractivity contribution in [3.05, 3.63) is 23.9 Å². The van der Waals surface area contributed by atoms with Crippen LogP contribution in [0.2, 0.25) is 0 Å². The lowest BCUT2D eigenvalue weighted by Crippen LogP contribution is -2.51. The van der Waals surface area contributed by atoms with E-state index in [1.54, 1.807) is 6.08 Å². The number of hydrogen-bond acceptors (Lipinski definition) is 3. The first kappa shape index (κ1) is 25.9. The van der Waals surface area contributed by atoms with Crippen molar-refractivity contribution in [2.45, 2.75) is 91.2 Å². The molecule has 0 aliphatic heterocycles. The Labute approximate surface area is 189 Å². The van der Waals surface area contributed by atoms with Crippen LogP contribution in [0.1, 0.15) is 86.0 Å². The minimum absolute atomic E-state index is 0.0521. The molecule has 6 nitrogen and oxygen atoms in total. The standard InChI is InChI=1S/C24H42N2O4S/c1-6-14-23(5,21-16-18(21)8-3)24(9-4,15-7-2)17-25-22(27)26-19-10-12-20(13-11-19)31(28,29)30/h10-12,18,20-21H,6-9,13-17H2,1-5H3,(H2,25,26,27)(H,28,29,30). The van der Waals surface area contributed by atoms with Gasteiger partial charge in [-0.15, -0.1) is 0 Å². The summed E-state index contributed by atoms with van der Waals surface area (Å²) in [4.78, 5) is 12.7. The van der Waals surface area contributed by atoms with E-state index in [9.17, 15) is 13.2 Å². The molecule has 0 aromatic heterocycles. The van der Waals surface area contributed by atoms with E-state index in [-0.39, 0.29) is 23.3 Å². The molecule has 2 aliphatic rings. The molecular weight excluding hydrogens is 412 g/mol. The second-order valence-electron chi connectivity index (χ2n) is 9.68. The number of amides is 2. The van der Waals surface area contributed by atoms with Crippen molar-refractivity contribution in [2.75, 3.05) is 6.54 Å². The molecule has 0 heterocycles. The maximum atomic E-state index is 12.7. The third kappa shape index (κ3) is 5.92. The molecule has 7 heteroatoms. The Balaban J connectivity index is 2.08. The van der Waals surface area contributed by atoms with E-state index in [2.05, 4.69) is 45.3 Å². The molecule has 0 saturated heterocycles. The molecule has 0 aromatic carbocycles. The summed E-state index contributed by atoms with van der Waals surface area (Å²) < 4.78 is 31.7. The topological polar surface area (TPSA) is 95.5 Å². The summed E-state index contributed by atoms with van der Waals surface area (Å²) in [6.07, 6.45) is 12.8. The Morgan fingerprint density at radius 1 is 1.19 bits per heavy atom. The van der Waals surface area contributed by atoms with E-state index in [4.69, 9.17) is 4.55 Å². The van der Waals surface area contributed by atoms with Crippen LogP contribution in [0.4, 0.5) is 4.79 Å². The first-order valence-electron chi connectivity index (χ1n) is 12.0. The molecule has 0 radical (unpaired) electrons.